The van der Waals surface area contributed by atoms with Crippen LogP contribution in [0.1, 0.15) is 19.8 Å². The Hall–Kier alpha value is -2.45. The van der Waals surface area contributed by atoms with Gasteiger partial charge in [-0.1, -0.05) is 0 Å². The summed E-state index contributed by atoms with van der Waals surface area (Å²) in [6.45, 7) is 4.36. The first-order valence-electron chi connectivity index (χ1n) is 10.1. The third-order valence-electron chi connectivity index (χ3n) is 5.67. The minimum Gasteiger partial charge on any atom is -0.377 e. The first-order chi connectivity index (χ1) is 14.1. The number of rotatable bonds is 3. The summed E-state index contributed by atoms with van der Waals surface area (Å²) in [6, 6.07) is 8.33. The monoisotopic (exact) mass is 411 g/mol. The number of hydrogen-bond donors (Lipinski definition) is 1. The van der Waals surface area contributed by atoms with Crippen molar-refractivity contribution in [2.24, 2.45) is 4.36 Å². The Morgan fingerprint density at radius 1 is 1.28 bits per heavy atom. The number of morpholine rings is 1. The molecule has 5 heterocycles. The maximum absolute atomic E-state index is 13.1. The molecular formula is C21H25N5O2S. The van der Waals surface area contributed by atoms with Gasteiger partial charge < -0.3 is 14.6 Å². The van der Waals surface area contributed by atoms with Gasteiger partial charge in [0.2, 0.25) is 0 Å². The minimum atomic E-state index is -2.20. The molecule has 3 aromatic heterocycles. The van der Waals surface area contributed by atoms with Crippen molar-refractivity contribution in [2.45, 2.75) is 25.8 Å². The van der Waals surface area contributed by atoms with Gasteiger partial charge in [0.15, 0.2) is 5.82 Å². The van der Waals surface area contributed by atoms with Crippen LogP contribution >= 0.6 is 0 Å². The fourth-order valence-electron chi connectivity index (χ4n) is 4.17. The van der Waals surface area contributed by atoms with Gasteiger partial charge in [-0.3, -0.25) is 0 Å². The molecular weight excluding hydrogens is 386 g/mol. The number of pyridine rings is 2. The molecule has 2 fully saturated rings. The number of aromatic nitrogens is 3. The zero-order valence-electron chi connectivity index (χ0n) is 16.5. The number of aromatic amines is 1. The van der Waals surface area contributed by atoms with Crippen LogP contribution in [0.5, 0.6) is 0 Å². The summed E-state index contributed by atoms with van der Waals surface area (Å²) in [6.07, 6.45) is 5.62. The Morgan fingerprint density at radius 2 is 2.14 bits per heavy atom. The molecule has 7 nitrogen and oxygen atoms in total. The van der Waals surface area contributed by atoms with Gasteiger partial charge in [-0.25, -0.2) is 14.2 Å². The van der Waals surface area contributed by atoms with E-state index in [9.17, 15) is 4.21 Å². The highest BCUT2D eigenvalue weighted by molar-refractivity contribution is 7.93. The number of ether oxygens (including phenoxy) is 1. The van der Waals surface area contributed by atoms with Gasteiger partial charge in [-0.05, 0) is 38.0 Å². The van der Waals surface area contributed by atoms with Crippen molar-refractivity contribution in [2.75, 3.05) is 36.2 Å². The zero-order valence-corrected chi connectivity index (χ0v) is 17.3. The normalized spacial score (nSPS) is 21.6. The third kappa shape index (κ3) is 3.62. The molecule has 3 aromatic rings. The fraction of sp³-hybridized carbons (Fsp3) is 0.429. The molecule has 152 valence electrons. The molecule has 1 N–H and O–H groups in total. The van der Waals surface area contributed by atoms with E-state index in [2.05, 4.69) is 32.2 Å². The van der Waals surface area contributed by atoms with E-state index < -0.39 is 9.73 Å². The Morgan fingerprint density at radius 3 is 2.97 bits per heavy atom. The van der Waals surface area contributed by atoms with Crippen LogP contribution in [0, 0.1) is 0 Å². The van der Waals surface area contributed by atoms with E-state index in [1.807, 2.05) is 24.4 Å². The predicted molar refractivity (Wildman–Crippen MR) is 116 cm³/mol. The van der Waals surface area contributed by atoms with Gasteiger partial charge in [-0.2, -0.15) is 4.36 Å². The zero-order chi connectivity index (χ0) is 19.8. The Labute approximate surface area is 170 Å². The molecule has 5 rings (SSSR count). The highest BCUT2D eigenvalue weighted by Crippen LogP contribution is 2.33. The lowest BCUT2D eigenvalue weighted by molar-refractivity contribution is 0.0989. The van der Waals surface area contributed by atoms with Gasteiger partial charge in [-0.15, -0.1) is 0 Å². The van der Waals surface area contributed by atoms with Crippen molar-refractivity contribution in [3.8, 4) is 11.3 Å². The Balaban J connectivity index is 1.68. The third-order valence-corrected chi connectivity index (χ3v) is 8.04. The summed E-state index contributed by atoms with van der Waals surface area (Å²) in [5, 5.41) is 1.02. The van der Waals surface area contributed by atoms with Gasteiger partial charge >= 0.3 is 0 Å². The van der Waals surface area contributed by atoms with Crippen LogP contribution in [0.2, 0.25) is 0 Å². The summed E-state index contributed by atoms with van der Waals surface area (Å²) < 4.78 is 23.3. The second kappa shape index (κ2) is 7.42. The van der Waals surface area contributed by atoms with Crippen molar-refractivity contribution in [1.82, 2.24) is 15.0 Å². The first kappa shape index (κ1) is 18.6. The molecule has 2 saturated heterocycles. The smallest absolute Gasteiger partial charge is 0.164 e. The minimum absolute atomic E-state index is 0.261. The van der Waals surface area contributed by atoms with Crippen LogP contribution < -0.4 is 4.90 Å². The quantitative estimate of drug-likeness (QED) is 0.710. The molecule has 0 saturated carbocycles. The van der Waals surface area contributed by atoms with Crippen molar-refractivity contribution in [3.05, 3.63) is 36.7 Å². The molecule has 0 aliphatic carbocycles. The maximum atomic E-state index is 13.1. The lowest BCUT2D eigenvalue weighted by atomic mass is 10.1. The number of nitrogens with zero attached hydrogens (tertiary/aromatic N) is 4. The van der Waals surface area contributed by atoms with Crippen LogP contribution in [-0.2, 0) is 14.5 Å². The highest BCUT2D eigenvalue weighted by atomic mass is 32.2. The Bertz CT molecular complexity index is 1150. The summed E-state index contributed by atoms with van der Waals surface area (Å²) in [5.74, 6) is 1.89. The largest absolute Gasteiger partial charge is 0.377 e. The highest BCUT2D eigenvalue weighted by Gasteiger charge is 2.22. The van der Waals surface area contributed by atoms with E-state index in [0.29, 0.717) is 30.5 Å². The van der Waals surface area contributed by atoms with E-state index in [1.165, 1.54) is 0 Å². The number of anilines is 1. The fourth-order valence-corrected chi connectivity index (χ4v) is 6.30. The summed E-state index contributed by atoms with van der Waals surface area (Å²) >= 11 is 0. The molecule has 0 bridgehead atoms. The SMILES string of the molecule is C[C@@H]1COCCN1c1cc(N=S2(=O)CCCC2)nc(-c2ccnc3[nH]ccc23)c1. The second-order valence-corrected chi connectivity index (χ2v) is 10.3. The molecule has 0 radical (unpaired) electrons. The van der Waals surface area contributed by atoms with Gasteiger partial charge in [0.1, 0.15) is 5.65 Å². The molecule has 2 aliphatic heterocycles. The van der Waals surface area contributed by atoms with Crippen molar-refractivity contribution in [3.63, 3.8) is 0 Å². The van der Waals surface area contributed by atoms with Crippen molar-refractivity contribution >= 4 is 32.3 Å². The molecule has 0 unspecified atom stereocenters. The summed E-state index contributed by atoms with van der Waals surface area (Å²) in [5.41, 5.74) is 3.70. The van der Waals surface area contributed by atoms with E-state index in [1.54, 1.807) is 6.20 Å². The molecule has 1 atom stereocenters. The summed E-state index contributed by atoms with van der Waals surface area (Å²) in [7, 11) is -2.20. The van der Waals surface area contributed by atoms with Gasteiger partial charge in [0, 0.05) is 59.2 Å². The average Bonchev–Trinajstić information content (AvgIpc) is 3.36. The average molecular weight is 412 g/mol. The second-order valence-electron chi connectivity index (χ2n) is 7.76. The van der Waals surface area contributed by atoms with E-state index >= 15 is 0 Å². The number of fused-ring (bicyclic) bond motifs is 1. The molecule has 2 aliphatic rings. The van der Waals surface area contributed by atoms with Crippen molar-refractivity contribution in [1.29, 1.82) is 0 Å². The predicted octanol–water partition coefficient (Wildman–Crippen LogP) is 3.74. The topological polar surface area (TPSA) is 83.5 Å². The molecule has 29 heavy (non-hydrogen) atoms. The van der Waals surface area contributed by atoms with E-state index in [-0.39, 0.29) is 6.04 Å². The van der Waals surface area contributed by atoms with Crippen molar-refractivity contribution < 1.29 is 8.95 Å². The molecule has 8 heteroatoms. The van der Waals surface area contributed by atoms with Gasteiger partial charge in [0.05, 0.1) is 28.6 Å². The summed E-state index contributed by atoms with van der Waals surface area (Å²) in [4.78, 5) is 14.7. The van der Waals surface area contributed by atoms with Crippen LogP contribution in [0.3, 0.4) is 0 Å². The van der Waals surface area contributed by atoms with Gasteiger partial charge in [0.25, 0.3) is 0 Å². The maximum Gasteiger partial charge on any atom is 0.164 e. The molecule has 0 spiro atoms. The first-order valence-corrected chi connectivity index (χ1v) is 12.0. The lowest BCUT2D eigenvalue weighted by Gasteiger charge is -2.35. The van der Waals surface area contributed by atoms with E-state index in [0.717, 1.165) is 47.4 Å². The number of H-pyrrole nitrogens is 1. The van der Waals surface area contributed by atoms with Crippen LogP contribution in [0.25, 0.3) is 22.3 Å². The van der Waals surface area contributed by atoms with Crippen LogP contribution in [-0.4, -0.2) is 56.5 Å². The molecule has 0 aromatic carbocycles. The standard InChI is InChI=1S/C21H25N5O2S/c1-15-14-28-9-8-26(15)16-12-19(17-4-6-22-21-18(17)5-7-23-21)24-20(13-16)25-29(27)10-2-3-11-29/h4-7,12-13,15H,2-3,8-11,14H2,1H3,(H,22,23)/t15-/m1/s1. The number of hydrogen-bond acceptors (Lipinski definition) is 6. The Kier molecular flexibility index (Phi) is 4.75. The van der Waals surface area contributed by atoms with Crippen LogP contribution in [0.15, 0.2) is 41.0 Å². The van der Waals surface area contributed by atoms with Crippen LogP contribution in [0.4, 0.5) is 11.5 Å². The van der Waals surface area contributed by atoms with E-state index in [4.69, 9.17) is 9.72 Å². The number of nitrogens with one attached hydrogen (secondary N) is 1. The lowest BCUT2D eigenvalue weighted by Crippen LogP contribution is -2.43. The molecule has 0 amide bonds.